The van der Waals surface area contributed by atoms with Gasteiger partial charge in [-0.1, -0.05) is 0 Å². The molecule has 0 aliphatic carbocycles. The lowest BCUT2D eigenvalue weighted by Gasteiger charge is -1.99. The van der Waals surface area contributed by atoms with Crippen molar-refractivity contribution in [2.24, 2.45) is 0 Å². The topological polar surface area (TPSA) is 26.0 Å². The van der Waals surface area contributed by atoms with Gasteiger partial charge in [-0.25, -0.2) is 0 Å². The summed E-state index contributed by atoms with van der Waals surface area (Å²) in [5.41, 5.74) is 7.80. The first-order chi connectivity index (χ1) is 6.20. The summed E-state index contributed by atoms with van der Waals surface area (Å²) in [6.45, 7) is 0. The molecular formula is C9H7ClINS. The highest BCUT2D eigenvalue weighted by Gasteiger charge is 2.04. The van der Waals surface area contributed by atoms with Crippen LogP contribution in [-0.2, 0) is 5.88 Å². The highest BCUT2D eigenvalue weighted by atomic mass is 127. The fourth-order valence-electron chi connectivity index (χ4n) is 1.27. The standard InChI is InChI=1S/C9H7ClINS/c10-4-5-1-7(12)6-3-9(11)13-8(6)2-5/h1-3H,4,12H2. The Morgan fingerprint density at radius 1 is 1.38 bits per heavy atom. The molecule has 68 valence electrons. The Balaban J connectivity index is 2.75. The molecule has 0 bridgehead atoms. The summed E-state index contributed by atoms with van der Waals surface area (Å²) in [5.74, 6) is 0.522. The Labute approximate surface area is 99.0 Å². The molecule has 1 heterocycles. The van der Waals surface area contributed by atoms with Crippen LogP contribution in [0.2, 0.25) is 0 Å². The lowest BCUT2D eigenvalue weighted by molar-refractivity contribution is 1.43. The molecule has 1 aromatic carbocycles. The van der Waals surface area contributed by atoms with Gasteiger partial charge in [0, 0.05) is 21.7 Å². The van der Waals surface area contributed by atoms with Crippen molar-refractivity contribution in [1.82, 2.24) is 0 Å². The molecule has 0 unspecified atom stereocenters. The smallest absolute Gasteiger partial charge is 0.0666 e. The summed E-state index contributed by atoms with van der Waals surface area (Å²) in [4.78, 5) is 0. The zero-order valence-electron chi connectivity index (χ0n) is 6.68. The van der Waals surface area contributed by atoms with Gasteiger partial charge in [-0.3, -0.25) is 0 Å². The molecule has 0 aliphatic rings. The summed E-state index contributed by atoms with van der Waals surface area (Å²) in [7, 11) is 0. The van der Waals surface area contributed by atoms with E-state index in [9.17, 15) is 0 Å². The molecule has 1 aromatic heterocycles. The van der Waals surface area contributed by atoms with Crippen molar-refractivity contribution in [3.8, 4) is 0 Å². The zero-order chi connectivity index (χ0) is 9.42. The average Bonchev–Trinajstić information content (AvgIpc) is 2.46. The average molecular weight is 324 g/mol. The van der Waals surface area contributed by atoms with Crippen LogP contribution in [-0.4, -0.2) is 0 Å². The molecular weight excluding hydrogens is 317 g/mol. The Bertz CT molecular complexity index is 452. The first-order valence-electron chi connectivity index (χ1n) is 3.74. The molecule has 0 amide bonds. The first kappa shape index (κ1) is 9.55. The number of nitrogens with two attached hydrogens (primary N) is 1. The van der Waals surface area contributed by atoms with Crippen molar-refractivity contribution in [1.29, 1.82) is 0 Å². The third-order valence-corrected chi connectivity index (χ3v) is 4.00. The molecule has 1 nitrogen and oxygen atoms in total. The monoisotopic (exact) mass is 323 g/mol. The van der Waals surface area contributed by atoms with Crippen molar-refractivity contribution in [3.05, 3.63) is 26.6 Å². The quantitative estimate of drug-likeness (QED) is 0.482. The van der Waals surface area contributed by atoms with Crippen LogP contribution in [0.3, 0.4) is 0 Å². The van der Waals surface area contributed by atoms with E-state index in [2.05, 4.69) is 34.7 Å². The number of anilines is 1. The van der Waals surface area contributed by atoms with Crippen LogP contribution < -0.4 is 5.73 Å². The van der Waals surface area contributed by atoms with Crippen LogP contribution in [0.4, 0.5) is 5.69 Å². The second kappa shape index (κ2) is 3.63. The second-order valence-electron chi connectivity index (χ2n) is 2.78. The number of thiophene rings is 1. The predicted octanol–water partition coefficient (Wildman–Crippen LogP) is 3.83. The Morgan fingerprint density at radius 2 is 2.15 bits per heavy atom. The zero-order valence-corrected chi connectivity index (χ0v) is 10.4. The van der Waals surface area contributed by atoms with Gasteiger partial charge in [0.15, 0.2) is 0 Å². The van der Waals surface area contributed by atoms with E-state index in [1.54, 1.807) is 11.3 Å². The predicted molar refractivity (Wildman–Crippen MR) is 68.5 cm³/mol. The molecule has 0 saturated carbocycles. The summed E-state index contributed by atoms with van der Waals surface area (Å²) in [6, 6.07) is 6.15. The van der Waals surface area contributed by atoms with E-state index in [-0.39, 0.29) is 0 Å². The third kappa shape index (κ3) is 1.78. The van der Waals surface area contributed by atoms with Gasteiger partial charge in [-0.05, 0) is 46.4 Å². The SMILES string of the molecule is Nc1cc(CCl)cc2sc(I)cc12. The number of hydrogen-bond donors (Lipinski definition) is 1. The van der Waals surface area contributed by atoms with Crippen molar-refractivity contribution in [3.63, 3.8) is 0 Å². The van der Waals surface area contributed by atoms with Crippen LogP contribution >= 0.6 is 45.5 Å². The number of rotatable bonds is 1. The van der Waals surface area contributed by atoms with Crippen LogP contribution in [0, 0.1) is 2.88 Å². The lowest BCUT2D eigenvalue weighted by atomic mass is 10.1. The van der Waals surface area contributed by atoms with Crippen molar-refractivity contribution in [2.75, 3.05) is 5.73 Å². The number of hydrogen-bond acceptors (Lipinski definition) is 2. The molecule has 0 fully saturated rings. The number of fused-ring (bicyclic) bond motifs is 1. The normalized spacial score (nSPS) is 10.9. The fraction of sp³-hybridized carbons (Fsp3) is 0.111. The van der Waals surface area contributed by atoms with Crippen molar-refractivity contribution in [2.45, 2.75) is 5.88 Å². The molecule has 0 saturated heterocycles. The summed E-state index contributed by atoms with van der Waals surface area (Å²) in [6.07, 6.45) is 0. The number of halogens is 2. The maximum absolute atomic E-state index is 5.89. The van der Waals surface area contributed by atoms with E-state index < -0.39 is 0 Å². The second-order valence-corrected chi connectivity index (χ2v) is 6.03. The van der Waals surface area contributed by atoms with Gasteiger partial charge in [-0.2, -0.15) is 0 Å². The summed E-state index contributed by atoms with van der Waals surface area (Å²) in [5, 5.41) is 1.14. The van der Waals surface area contributed by atoms with E-state index in [4.69, 9.17) is 17.3 Å². The molecule has 2 N–H and O–H groups in total. The minimum absolute atomic E-state index is 0.522. The molecule has 0 aliphatic heterocycles. The first-order valence-corrected chi connectivity index (χ1v) is 6.17. The van der Waals surface area contributed by atoms with Crippen LogP contribution in [0.25, 0.3) is 10.1 Å². The van der Waals surface area contributed by atoms with Gasteiger partial charge in [0.1, 0.15) is 0 Å². The summed E-state index contributed by atoms with van der Waals surface area (Å²) >= 11 is 9.80. The Hall–Kier alpha value is -0.000000000000000111. The molecule has 2 aromatic rings. The Morgan fingerprint density at radius 3 is 2.85 bits per heavy atom. The van der Waals surface area contributed by atoms with E-state index in [1.807, 2.05) is 6.07 Å². The summed E-state index contributed by atoms with van der Waals surface area (Å²) < 4.78 is 2.48. The molecule has 13 heavy (non-hydrogen) atoms. The van der Waals surface area contributed by atoms with E-state index in [0.717, 1.165) is 16.6 Å². The highest BCUT2D eigenvalue weighted by molar-refractivity contribution is 14.1. The molecule has 4 heteroatoms. The number of nitrogen functional groups attached to an aromatic ring is 1. The lowest BCUT2D eigenvalue weighted by Crippen LogP contribution is -1.87. The largest absolute Gasteiger partial charge is 0.398 e. The van der Waals surface area contributed by atoms with Crippen LogP contribution in [0.15, 0.2) is 18.2 Å². The number of benzene rings is 1. The minimum Gasteiger partial charge on any atom is -0.398 e. The van der Waals surface area contributed by atoms with Gasteiger partial charge in [0.25, 0.3) is 0 Å². The van der Waals surface area contributed by atoms with Crippen LogP contribution in [0.1, 0.15) is 5.56 Å². The number of alkyl halides is 1. The third-order valence-electron chi connectivity index (χ3n) is 1.85. The minimum atomic E-state index is 0.522. The maximum Gasteiger partial charge on any atom is 0.0666 e. The highest BCUT2D eigenvalue weighted by Crippen LogP contribution is 2.32. The molecule has 0 atom stereocenters. The van der Waals surface area contributed by atoms with E-state index in [1.165, 1.54) is 7.58 Å². The van der Waals surface area contributed by atoms with Gasteiger partial charge >= 0.3 is 0 Å². The van der Waals surface area contributed by atoms with Crippen LogP contribution in [0.5, 0.6) is 0 Å². The van der Waals surface area contributed by atoms with Gasteiger partial charge in [-0.15, -0.1) is 22.9 Å². The van der Waals surface area contributed by atoms with Crippen molar-refractivity contribution < 1.29 is 0 Å². The van der Waals surface area contributed by atoms with Gasteiger partial charge < -0.3 is 5.73 Å². The van der Waals surface area contributed by atoms with Crippen molar-refractivity contribution >= 4 is 61.3 Å². The van der Waals surface area contributed by atoms with E-state index in [0.29, 0.717) is 5.88 Å². The molecule has 0 spiro atoms. The van der Waals surface area contributed by atoms with Gasteiger partial charge in [0.2, 0.25) is 0 Å². The molecule has 2 rings (SSSR count). The van der Waals surface area contributed by atoms with Gasteiger partial charge in [0.05, 0.1) is 2.88 Å². The van der Waals surface area contributed by atoms with E-state index >= 15 is 0 Å². The maximum atomic E-state index is 5.89. The fourth-order valence-corrected chi connectivity index (χ4v) is 3.33. The Kier molecular flexibility index (Phi) is 2.67. The molecule has 0 radical (unpaired) electrons.